The van der Waals surface area contributed by atoms with Crippen molar-refractivity contribution in [2.45, 2.75) is 58.5 Å². The fourth-order valence-corrected chi connectivity index (χ4v) is 4.66. The Labute approximate surface area is 178 Å². The van der Waals surface area contributed by atoms with Crippen molar-refractivity contribution in [2.75, 3.05) is 26.7 Å². The first kappa shape index (κ1) is 21.8. The number of guanidine groups is 1. The number of likely N-dealkylation sites (tertiary alicyclic amines) is 1. The van der Waals surface area contributed by atoms with Crippen molar-refractivity contribution >= 4 is 17.3 Å². The molecule has 2 aromatic rings. The van der Waals surface area contributed by atoms with Crippen molar-refractivity contribution in [2.24, 2.45) is 10.9 Å². The fourth-order valence-electron chi connectivity index (χ4n) is 3.92. The summed E-state index contributed by atoms with van der Waals surface area (Å²) >= 11 is 1.85. The maximum Gasteiger partial charge on any atom is 0.191 e. The molecule has 7 heteroatoms. The number of hydrogen-bond donors (Lipinski definition) is 2. The first-order valence-corrected chi connectivity index (χ1v) is 11.7. The number of nitrogens with zero attached hydrogens (tertiary/aromatic N) is 3. The van der Waals surface area contributed by atoms with Crippen LogP contribution >= 0.6 is 11.3 Å². The van der Waals surface area contributed by atoms with E-state index in [1.54, 1.807) is 0 Å². The highest BCUT2D eigenvalue weighted by Gasteiger charge is 2.20. The summed E-state index contributed by atoms with van der Waals surface area (Å²) in [5.74, 6) is 2.86. The lowest BCUT2D eigenvalue weighted by Crippen LogP contribution is -2.42. The molecule has 2 aromatic heterocycles. The van der Waals surface area contributed by atoms with Gasteiger partial charge in [0, 0.05) is 37.0 Å². The van der Waals surface area contributed by atoms with E-state index in [2.05, 4.69) is 63.1 Å². The van der Waals surface area contributed by atoms with Gasteiger partial charge in [-0.3, -0.25) is 9.89 Å². The van der Waals surface area contributed by atoms with Gasteiger partial charge in [-0.1, -0.05) is 25.1 Å². The number of rotatable bonds is 9. The molecule has 3 rings (SSSR count). The van der Waals surface area contributed by atoms with Gasteiger partial charge in [-0.15, -0.1) is 11.3 Å². The first-order chi connectivity index (χ1) is 14.2. The van der Waals surface area contributed by atoms with Gasteiger partial charge in [0.2, 0.25) is 0 Å². The Balaban J connectivity index is 1.36. The molecule has 0 saturated carbocycles. The summed E-state index contributed by atoms with van der Waals surface area (Å²) in [4.78, 5) is 8.38. The summed E-state index contributed by atoms with van der Waals surface area (Å²) in [5.41, 5.74) is 1.06. The second kappa shape index (κ2) is 11.4. The van der Waals surface area contributed by atoms with E-state index in [4.69, 9.17) is 4.52 Å². The topological polar surface area (TPSA) is 65.7 Å². The summed E-state index contributed by atoms with van der Waals surface area (Å²) in [6, 6.07) is 6.44. The van der Waals surface area contributed by atoms with Crippen LogP contribution in [0.1, 0.15) is 61.8 Å². The molecule has 2 N–H and O–H groups in total. The van der Waals surface area contributed by atoms with Crippen LogP contribution in [-0.4, -0.2) is 42.7 Å². The molecule has 3 heterocycles. The molecule has 29 heavy (non-hydrogen) atoms. The number of thiophene rings is 1. The Morgan fingerprint density at radius 1 is 1.31 bits per heavy atom. The molecular weight excluding hydrogens is 382 g/mol. The van der Waals surface area contributed by atoms with Crippen LogP contribution in [0.2, 0.25) is 0 Å². The van der Waals surface area contributed by atoms with Crippen LogP contribution in [0.15, 0.2) is 33.1 Å². The molecule has 1 fully saturated rings. The molecule has 1 saturated heterocycles. The molecular formula is C22H35N5OS. The molecule has 1 aliphatic rings. The smallest absolute Gasteiger partial charge is 0.191 e. The van der Waals surface area contributed by atoms with Crippen LogP contribution < -0.4 is 10.6 Å². The molecule has 6 nitrogen and oxygen atoms in total. The summed E-state index contributed by atoms with van der Waals surface area (Å²) in [6.07, 6.45) is 4.64. The van der Waals surface area contributed by atoms with Crippen LogP contribution in [0.3, 0.4) is 0 Å². The molecule has 0 radical (unpaired) electrons. The number of aliphatic imine (C=N–C) groups is 1. The van der Waals surface area contributed by atoms with E-state index in [9.17, 15) is 0 Å². The van der Waals surface area contributed by atoms with Gasteiger partial charge in [0.15, 0.2) is 11.7 Å². The zero-order chi connectivity index (χ0) is 20.5. The van der Waals surface area contributed by atoms with Crippen LogP contribution in [0.5, 0.6) is 0 Å². The van der Waals surface area contributed by atoms with Gasteiger partial charge in [-0.2, -0.15) is 0 Å². The summed E-state index contributed by atoms with van der Waals surface area (Å²) < 4.78 is 5.49. The highest BCUT2D eigenvalue weighted by molar-refractivity contribution is 7.09. The van der Waals surface area contributed by atoms with Gasteiger partial charge in [-0.05, 0) is 56.1 Å². The van der Waals surface area contributed by atoms with Gasteiger partial charge < -0.3 is 15.2 Å². The van der Waals surface area contributed by atoms with E-state index in [0.717, 1.165) is 43.3 Å². The van der Waals surface area contributed by atoms with Gasteiger partial charge in [0.05, 0.1) is 12.2 Å². The summed E-state index contributed by atoms with van der Waals surface area (Å²) in [5, 5.41) is 13.2. The third-order valence-corrected chi connectivity index (χ3v) is 6.72. The Hall–Kier alpha value is -1.86. The number of nitrogens with one attached hydrogen (secondary N) is 2. The number of aromatic nitrogens is 1. The Morgan fingerprint density at radius 3 is 2.76 bits per heavy atom. The first-order valence-electron chi connectivity index (χ1n) is 10.9. The van der Waals surface area contributed by atoms with Crippen LogP contribution in [-0.2, 0) is 13.1 Å². The van der Waals surface area contributed by atoms with Crippen molar-refractivity contribution < 1.29 is 4.52 Å². The molecule has 0 aliphatic carbocycles. The van der Waals surface area contributed by atoms with E-state index in [0.29, 0.717) is 18.4 Å². The Bertz CT molecular complexity index is 730. The van der Waals surface area contributed by atoms with Crippen molar-refractivity contribution in [1.82, 2.24) is 20.7 Å². The van der Waals surface area contributed by atoms with E-state index in [1.165, 1.54) is 30.8 Å². The number of hydrogen-bond acceptors (Lipinski definition) is 5. The number of piperidine rings is 1. The molecule has 0 aromatic carbocycles. The standard InChI is InChI=1S/C22H35N5OS/c1-4-18(5-2)21-13-19(28-26-21)15-25-22(23-3)24-14-17-8-10-27(11-9-17)16-20-7-6-12-29-20/h6-7,12-13,17-18H,4-5,8-11,14-16H2,1-3H3,(H2,23,24,25). The minimum absolute atomic E-state index is 0.482. The largest absolute Gasteiger partial charge is 0.359 e. The third kappa shape index (κ3) is 6.57. The SMILES string of the molecule is CCC(CC)c1cc(CNC(=NC)NCC2CCN(Cc3cccs3)CC2)on1. The van der Waals surface area contributed by atoms with Gasteiger partial charge >= 0.3 is 0 Å². The summed E-state index contributed by atoms with van der Waals surface area (Å²) in [7, 11) is 1.81. The van der Waals surface area contributed by atoms with Gasteiger partial charge in [-0.25, -0.2) is 0 Å². The van der Waals surface area contributed by atoms with Crippen LogP contribution in [0.4, 0.5) is 0 Å². The second-order valence-electron chi connectivity index (χ2n) is 7.84. The van der Waals surface area contributed by atoms with Crippen molar-refractivity contribution in [1.29, 1.82) is 0 Å². The van der Waals surface area contributed by atoms with Gasteiger partial charge in [0.1, 0.15) is 0 Å². The quantitative estimate of drug-likeness (QED) is 0.472. The zero-order valence-electron chi connectivity index (χ0n) is 18.0. The summed E-state index contributed by atoms with van der Waals surface area (Å²) in [6.45, 7) is 9.39. The molecule has 0 atom stereocenters. The molecule has 160 valence electrons. The van der Waals surface area contributed by atoms with E-state index >= 15 is 0 Å². The third-order valence-electron chi connectivity index (χ3n) is 5.86. The zero-order valence-corrected chi connectivity index (χ0v) is 18.8. The van der Waals surface area contributed by atoms with Crippen molar-refractivity contribution in [3.05, 3.63) is 39.9 Å². The Morgan fingerprint density at radius 2 is 2.10 bits per heavy atom. The highest BCUT2D eigenvalue weighted by Crippen LogP contribution is 2.22. The maximum absolute atomic E-state index is 5.49. The Kier molecular flexibility index (Phi) is 8.55. The average Bonchev–Trinajstić information content (AvgIpc) is 3.43. The van der Waals surface area contributed by atoms with E-state index in [-0.39, 0.29) is 0 Å². The average molecular weight is 418 g/mol. The molecule has 1 aliphatic heterocycles. The van der Waals surface area contributed by atoms with E-state index in [1.807, 2.05) is 18.4 Å². The molecule has 0 amide bonds. The van der Waals surface area contributed by atoms with E-state index < -0.39 is 0 Å². The fraction of sp³-hybridized carbons (Fsp3) is 0.636. The van der Waals surface area contributed by atoms with Crippen molar-refractivity contribution in [3.8, 4) is 0 Å². The lowest BCUT2D eigenvalue weighted by Gasteiger charge is -2.32. The predicted molar refractivity (Wildman–Crippen MR) is 120 cm³/mol. The van der Waals surface area contributed by atoms with Crippen LogP contribution in [0.25, 0.3) is 0 Å². The monoisotopic (exact) mass is 417 g/mol. The van der Waals surface area contributed by atoms with Crippen LogP contribution in [0, 0.1) is 5.92 Å². The predicted octanol–water partition coefficient (Wildman–Crippen LogP) is 4.22. The maximum atomic E-state index is 5.49. The highest BCUT2D eigenvalue weighted by atomic mass is 32.1. The van der Waals surface area contributed by atoms with Crippen molar-refractivity contribution in [3.63, 3.8) is 0 Å². The lowest BCUT2D eigenvalue weighted by atomic mass is 9.97. The minimum atomic E-state index is 0.482. The minimum Gasteiger partial charge on any atom is -0.359 e. The second-order valence-corrected chi connectivity index (χ2v) is 8.87. The molecule has 0 unspecified atom stereocenters. The normalized spacial score (nSPS) is 16.5. The molecule has 0 bridgehead atoms. The molecule has 0 spiro atoms. The van der Waals surface area contributed by atoms with Gasteiger partial charge in [0.25, 0.3) is 0 Å². The lowest BCUT2D eigenvalue weighted by molar-refractivity contribution is 0.179.